The summed E-state index contributed by atoms with van der Waals surface area (Å²) in [5.74, 6) is 0. The minimum atomic E-state index is 0.297. The van der Waals surface area contributed by atoms with Gasteiger partial charge in [-0.25, -0.2) is 0 Å². The van der Waals surface area contributed by atoms with Crippen LogP contribution >= 0.6 is 15.9 Å². The second kappa shape index (κ2) is 5.98. The summed E-state index contributed by atoms with van der Waals surface area (Å²) in [5.41, 5.74) is 6.17. The van der Waals surface area contributed by atoms with Crippen molar-refractivity contribution >= 4 is 26.8 Å². The number of benzene rings is 2. The zero-order chi connectivity index (χ0) is 14.8. The number of aryl methyl sites for hydroxylation is 2. The highest BCUT2D eigenvalue weighted by Gasteiger charge is 2.10. The zero-order valence-corrected chi connectivity index (χ0v) is 13.9. The number of rotatable bonds is 3. The molecule has 3 aromatic rings. The fraction of sp³-hybridized carbons (Fsp3) is 0.211. The predicted octanol–water partition coefficient (Wildman–Crippen LogP) is 5.53. The summed E-state index contributed by atoms with van der Waals surface area (Å²) < 4.78 is 0. The molecule has 2 aromatic carbocycles. The van der Waals surface area contributed by atoms with Gasteiger partial charge >= 0.3 is 0 Å². The van der Waals surface area contributed by atoms with E-state index < -0.39 is 0 Å². The van der Waals surface area contributed by atoms with E-state index in [9.17, 15) is 0 Å². The van der Waals surface area contributed by atoms with Crippen molar-refractivity contribution in [1.29, 1.82) is 0 Å². The van der Waals surface area contributed by atoms with Gasteiger partial charge in [0, 0.05) is 22.3 Å². The van der Waals surface area contributed by atoms with Gasteiger partial charge in [-0.05, 0) is 42.7 Å². The van der Waals surface area contributed by atoms with Crippen LogP contribution < -0.4 is 0 Å². The molecule has 3 rings (SSSR count). The van der Waals surface area contributed by atoms with Crippen molar-refractivity contribution in [2.24, 2.45) is 0 Å². The molecule has 0 spiro atoms. The minimum absolute atomic E-state index is 0.297. The number of pyridine rings is 1. The number of hydrogen-bond acceptors (Lipinski definition) is 1. The second-order valence-electron chi connectivity index (χ2n) is 5.51. The van der Waals surface area contributed by atoms with E-state index in [0.717, 1.165) is 17.6 Å². The number of halogens is 1. The molecular weight excluding hydrogens is 322 g/mol. The third kappa shape index (κ3) is 3.16. The van der Waals surface area contributed by atoms with E-state index in [4.69, 9.17) is 4.98 Å². The third-order valence-corrected chi connectivity index (χ3v) is 4.79. The average Bonchev–Trinajstić information content (AvgIpc) is 2.50. The highest BCUT2D eigenvalue weighted by Crippen LogP contribution is 2.28. The molecule has 0 N–H and O–H groups in total. The first-order valence-electron chi connectivity index (χ1n) is 7.19. The van der Waals surface area contributed by atoms with E-state index >= 15 is 0 Å². The Balaban J connectivity index is 1.85. The molecule has 0 bridgehead atoms. The van der Waals surface area contributed by atoms with E-state index in [2.05, 4.69) is 72.2 Å². The van der Waals surface area contributed by atoms with Gasteiger partial charge in [0.2, 0.25) is 0 Å². The van der Waals surface area contributed by atoms with Gasteiger partial charge in [0.15, 0.2) is 0 Å². The Hall–Kier alpha value is -1.67. The van der Waals surface area contributed by atoms with Crippen molar-refractivity contribution in [2.75, 3.05) is 0 Å². The number of hydrogen-bond donors (Lipinski definition) is 0. The second-order valence-corrected chi connectivity index (χ2v) is 6.62. The standard InChI is InChI=1S/C19H18BrN/c1-13-7-8-16(11-14(13)2)18(20)12-17-10-9-15-5-3-4-6-19(15)21-17/h3-11,18H,12H2,1-2H3. The smallest absolute Gasteiger partial charge is 0.0705 e. The van der Waals surface area contributed by atoms with Crippen LogP contribution in [0, 0.1) is 13.8 Å². The fourth-order valence-corrected chi connectivity index (χ4v) is 3.10. The average molecular weight is 340 g/mol. The summed E-state index contributed by atoms with van der Waals surface area (Å²) in [5, 5.41) is 1.19. The molecule has 21 heavy (non-hydrogen) atoms. The number of aromatic nitrogens is 1. The van der Waals surface area contributed by atoms with Crippen molar-refractivity contribution in [3.05, 3.63) is 77.0 Å². The molecular formula is C19H18BrN. The Bertz CT molecular complexity index is 779. The Morgan fingerprint density at radius 3 is 2.57 bits per heavy atom. The summed E-state index contributed by atoms with van der Waals surface area (Å²) in [6.07, 6.45) is 0.896. The van der Waals surface area contributed by atoms with Gasteiger partial charge in [-0.1, -0.05) is 58.4 Å². The first kappa shape index (κ1) is 14.3. The van der Waals surface area contributed by atoms with E-state index in [1.165, 1.54) is 22.1 Å². The number of fused-ring (bicyclic) bond motifs is 1. The first-order chi connectivity index (χ1) is 10.1. The van der Waals surface area contributed by atoms with Crippen LogP contribution in [0.25, 0.3) is 10.9 Å². The van der Waals surface area contributed by atoms with Crippen molar-refractivity contribution in [2.45, 2.75) is 25.1 Å². The molecule has 1 heterocycles. The van der Waals surface area contributed by atoms with Crippen LogP contribution in [0.3, 0.4) is 0 Å². The van der Waals surface area contributed by atoms with Gasteiger partial charge in [-0.2, -0.15) is 0 Å². The van der Waals surface area contributed by atoms with Gasteiger partial charge in [0.05, 0.1) is 5.52 Å². The lowest BCUT2D eigenvalue weighted by atomic mass is 10.0. The van der Waals surface area contributed by atoms with E-state index in [1.54, 1.807) is 0 Å². The highest BCUT2D eigenvalue weighted by molar-refractivity contribution is 9.09. The highest BCUT2D eigenvalue weighted by atomic mass is 79.9. The molecule has 1 unspecified atom stereocenters. The van der Waals surface area contributed by atoms with Crippen LogP contribution in [-0.2, 0) is 6.42 Å². The van der Waals surface area contributed by atoms with Gasteiger partial charge < -0.3 is 0 Å². The molecule has 0 aliphatic carbocycles. The normalized spacial score (nSPS) is 12.5. The van der Waals surface area contributed by atoms with Crippen molar-refractivity contribution < 1.29 is 0 Å². The van der Waals surface area contributed by atoms with Gasteiger partial charge in [-0.3, -0.25) is 4.98 Å². The van der Waals surface area contributed by atoms with Crippen LogP contribution in [0.15, 0.2) is 54.6 Å². The number of nitrogens with zero attached hydrogens (tertiary/aromatic N) is 1. The lowest BCUT2D eigenvalue weighted by Gasteiger charge is -2.12. The Morgan fingerprint density at radius 1 is 0.952 bits per heavy atom. The van der Waals surface area contributed by atoms with Crippen LogP contribution in [0.2, 0.25) is 0 Å². The lowest BCUT2D eigenvalue weighted by molar-refractivity contribution is 0.910. The van der Waals surface area contributed by atoms with E-state index in [1.807, 2.05) is 12.1 Å². The van der Waals surface area contributed by atoms with E-state index in [0.29, 0.717) is 4.83 Å². The van der Waals surface area contributed by atoms with Gasteiger partial charge in [0.25, 0.3) is 0 Å². The number of alkyl halides is 1. The van der Waals surface area contributed by atoms with Crippen LogP contribution in [0.5, 0.6) is 0 Å². The minimum Gasteiger partial charge on any atom is -0.253 e. The summed E-state index contributed by atoms with van der Waals surface area (Å²) in [6, 6.07) is 19.2. The van der Waals surface area contributed by atoms with Crippen molar-refractivity contribution in [3.63, 3.8) is 0 Å². The molecule has 0 saturated carbocycles. The topological polar surface area (TPSA) is 12.9 Å². The molecule has 0 amide bonds. The maximum atomic E-state index is 4.75. The quantitative estimate of drug-likeness (QED) is 0.571. The predicted molar refractivity (Wildman–Crippen MR) is 93.0 cm³/mol. The molecule has 1 nitrogen and oxygen atoms in total. The molecule has 106 valence electrons. The summed E-state index contributed by atoms with van der Waals surface area (Å²) >= 11 is 3.81. The molecule has 0 radical (unpaired) electrons. The molecule has 0 aliphatic heterocycles. The Morgan fingerprint density at radius 2 is 1.76 bits per heavy atom. The monoisotopic (exact) mass is 339 g/mol. The molecule has 0 aliphatic rings. The van der Waals surface area contributed by atoms with Gasteiger partial charge in [0.1, 0.15) is 0 Å². The van der Waals surface area contributed by atoms with Gasteiger partial charge in [-0.15, -0.1) is 0 Å². The van der Waals surface area contributed by atoms with Crippen molar-refractivity contribution in [3.8, 4) is 0 Å². The lowest BCUT2D eigenvalue weighted by Crippen LogP contribution is -1.99. The number of para-hydroxylation sites is 1. The third-order valence-electron chi connectivity index (χ3n) is 3.94. The molecule has 0 saturated heterocycles. The largest absolute Gasteiger partial charge is 0.253 e. The summed E-state index contributed by atoms with van der Waals surface area (Å²) in [4.78, 5) is 5.05. The van der Waals surface area contributed by atoms with Crippen LogP contribution in [0.4, 0.5) is 0 Å². The zero-order valence-electron chi connectivity index (χ0n) is 12.3. The Labute approximate surface area is 134 Å². The molecule has 1 atom stereocenters. The van der Waals surface area contributed by atoms with Crippen LogP contribution in [0.1, 0.15) is 27.2 Å². The summed E-state index contributed by atoms with van der Waals surface area (Å²) in [6.45, 7) is 4.31. The Kier molecular flexibility index (Phi) is 4.07. The molecule has 0 fully saturated rings. The maximum Gasteiger partial charge on any atom is 0.0705 e. The maximum absolute atomic E-state index is 4.75. The first-order valence-corrected chi connectivity index (χ1v) is 8.11. The molecule has 2 heteroatoms. The van der Waals surface area contributed by atoms with E-state index in [-0.39, 0.29) is 0 Å². The molecule has 1 aromatic heterocycles. The van der Waals surface area contributed by atoms with Crippen LogP contribution in [-0.4, -0.2) is 4.98 Å². The summed E-state index contributed by atoms with van der Waals surface area (Å²) in [7, 11) is 0. The fourth-order valence-electron chi connectivity index (χ4n) is 2.48. The SMILES string of the molecule is Cc1ccc(C(Br)Cc2ccc3ccccc3n2)cc1C. The van der Waals surface area contributed by atoms with Crippen molar-refractivity contribution in [1.82, 2.24) is 4.98 Å².